The second-order valence-corrected chi connectivity index (χ2v) is 15.4. The van der Waals surface area contributed by atoms with Gasteiger partial charge in [0.05, 0.1) is 22.0 Å². The first kappa shape index (κ1) is 57.1. The molecule has 0 saturated heterocycles. The van der Waals surface area contributed by atoms with Gasteiger partial charge < -0.3 is 20.3 Å². The van der Waals surface area contributed by atoms with Crippen molar-refractivity contribution in [3.8, 4) is 17.2 Å². The minimum Gasteiger partial charge on any atom is -0.507 e. The third-order valence-electron chi connectivity index (χ3n) is 6.73. The van der Waals surface area contributed by atoms with Gasteiger partial charge in [0.25, 0.3) is 17.1 Å². The van der Waals surface area contributed by atoms with Crippen LogP contribution in [0.15, 0.2) is 88.9 Å². The molecule has 0 unspecified atom stereocenters. The van der Waals surface area contributed by atoms with Crippen LogP contribution in [-0.2, 0) is 28.1 Å². The van der Waals surface area contributed by atoms with E-state index in [1.807, 2.05) is 0 Å². The number of aromatic hydroxyl groups is 1. The third-order valence-corrected chi connectivity index (χ3v) is 9.12. The summed E-state index contributed by atoms with van der Waals surface area (Å²) in [5.41, 5.74) is 2.09. The number of carbonyl (C=O) groups is 5. The summed E-state index contributed by atoms with van der Waals surface area (Å²) >= 11 is 16.9. The van der Waals surface area contributed by atoms with E-state index in [1.54, 1.807) is 18.2 Å². The number of nitrogens with two attached hydrogens (primary N) is 1. The number of amides is 2. The second-order valence-electron chi connectivity index (χ2n) is 11.6. The molecule has 0 atom stereocenters. The number of phenolic OH excluding ortho intramolecular Hbond substituents is 1. The van der Waals surface area contributed by atoms with E-state index >= 15 is 0 Å². The van der Waals surface area contributed by atoms with Crippen molar-refractivity contribution in [2.75, 3.05) is 21.7 Å². The van der Waals surface area contributed by atoms with Crippen molar-refractivity contribution >= 4 is 113 Å². The number of anilines is 3. The molecule has 6 aromatic rings. The first-order valence-corrected chi connectivity index (χ1v) is 21.4. The molecule has 3 aromatic carbocycles. The SMILES string of the molecule is CC(=O)Oc1ccccc1C(=O)Cl.CC(=O)Oc1ccccc1C(=O)Nc1nc(C(F)(F)F)cs1.ClCCl.Nc1nc(C(F)(F)F)cs1.O=C(Nc1nc(C(F)(F)F)cs1)c1ccccc1O. The van der Waals surface area contributed by atoms with Gasteiger partial charge in [-0.3, -0.25) is 34.6 Å². The van der Waals surface area contributed by atoms with Crippen LogP contribution in [-0.4, -0.2) is 54.4 Å². The number of aromatic nitrogens is 3. The van der Waals surface area contributed by atoms with E-state index in [2.05, 4.69) is 25.6 Å². The van der Waals surface area contributed by atoms with E-state index in [0.717, 1.165) is 27.5 Å². The van der Waals surface area contributed by atoms with Crippen LogP contribution in [0.4, 0.5) is 54.9 Å². The van der Waals surface area contributed by atoms with Crippen LogP contribution in [0.3, 0.4) is 0 Å². The largest absolute Gasteiger partial charge is 0.507 e. The predicted octanol–water partition coefficient (Wildman–Crippen LogP) is 11.6. The van der Waals surface area contributed by atoms with Gasteiger partial charge in [-0.15, -0.1) is 57.2 Å². The summed E-state index contributed by atoms with van der Waals surface area (Å²) in [5, 5.41) is 15.5. The number of hydrogen-bond donors (Lipinski definition) is 4. The Bertz CT molecular complexity index is 2610. The van der Waals surface area contributed by atoms with E-state index in [9.17, 15) is 68.6 Å². The summed E-state index contributed by atoms with van der Waals surface area (Å²) in [4.78, 5) is 65.8. The lowest BCUT2D eigenvalue weighted by Crippen LogP contribution is -2.15. The zero-order valence-electron chi connectivity index (χ0n) is 33.4. The third kappa shape index (κ3) is 20.1. The van der Waals surface area contributed by atoms with Gasteiger partial charge in [-0.2, -0.15) is 39.5 Å². The first-order chi connectivity index (χ1) is 31.2. The normalized spacial score (nSPS) is 10.7. The molecule has 2 amide bonds. The van der Waals surface area contributed by atoms with Crippen molar-refractivity contribution in [2.24, 2.45) is 0 Å². The maximum Gasteiger partial charge on any atom is 0.434 e. The fourth-order valence-corrected chi connectivity index (χ4v) is 6.26. The van der Waals surface area contributed by atoms with Gasteiger partial charge in [-0.1, -0.05) is 36.4 Å². The minimum absolute atomic E-state index is 0.0140. The van der Waals surface area contributed by atoms with E-state index < -0.39 is 64.6 Å². The molecule has 29 heteroatoms. The standard InChI is InChI=1S/C13H9F3N2O3S.C11H7F3N2O2S.C9H7ClO3.C4H3F3N2S.CH2Cl2/c1-7(19)21-9-5-3-2-4-8(9)11(20)18-12-17-10(6-22-12)13(14,15)16;12-11(13,14)8-5-19-10(15-8)16-9(18)6-3-1-2-4-7(6)17;1-6(11)13-8-5-3-2-4-7(8)9(10)12;5-4(6,7)2-1-10-3(8)9-2;2-1-3/h2-6H,1H3,(H,17,18,20);1-5,17H,(H,15,16,18);2-5H,1H3;1H,(H2,8,9);1H2. The van der Waals surface area contributed by atoms with Gasteiger partial charge >= 0.3 is 30.5 Å². The number of benzene rings is 3. The lowest BCUT2D eigenvalue weighted by molar-refractivity contribution is -0.141. The number of para-hydroxylation sites is 3. The molecule has 5 N–H and O–H groups in total. The molecule has 0 saturated carbocycles. The number of thiazole rings is 3. The van der Waals surface area contributed by atoms with Gasteiger partial charge in [0.15, 0.2) is 32.5 Å². The number of ether oxygens (including phenoxy) is 2. The average Bonchev–Trinajstić information content (AvgIpc) is 4.01. The monoisotopic (exact) mass is 1070 g/mol. The summed E-state index contributed by atoms with van der Waals surface area (Å²) in [6, 6.07) is 17.9. The Hall–Kier alpha value is -6.06. The predicted molar refractivity (Wildman–Crippen MR) is 232 cm³/mol. The van der Waals surface area contributed by atoms with Crippen molar-refractivity contribution in [3.63, 3.8) is 0 Å². The first-order valence-electron chi connectivity index (χ1n) is 17.3. The number of rotatable bonds is 7. The number of esters is 2. The van der Waals surface area contributed by atoms with Crippen LogP contribution in [0.5, 0.6) is 17.2 Å². The Morgan fingerprint density at radius 1 is 0.597 bits per heavy atom. The quantitative estimate of drug-likeness (QED) is 0.0387. The molecule has 360 valence electrons. The molecule has 3 heterocycles. The average molecular weight is 1070 g/mol. The molecule has 6 rings (SSSR count). The van der Waals surface area contributed by atoms with Crippen LogP contribution in [0, 0.1) is 0 Å². The van der Waals surface area contributed by atoms with E-state index in [-0.39, 0.29) is 54.7 Å². The van der Waals surface area contributed by atoms with Crippen LogP contribution >= 0.6 is 68.8 Å². The van der Waals surface area contributed by atoms with Crippen LogP contribution < -0.4 is 25.8 Å². The van der Waals surface area contributed by atoms with Crippen LogP contribution in [0.25, 0.3) is 0 Å². The molecule has 0 aliphatic heterocycles. The Morgan fingerprint density at radius 2 is 0.940 bits per heavy atom. The summed E-state index contributed by atoms with van der Waals surface area (Å²) in [6.07, 6.45) is -13.5. The van der Waals surface area contributed by atoms with E-state index in [4.69, 9.17) is 50.0 Å². The van der Waals surface area contributed by atoms with Crippen molar-refractivity contribution < 1.29 is 78.1 Å². The molecular formula is C38H28Cl3F9N6O8S3. The highest BCUT2D eigenvalue weighted by molar-refractivity contribution is 7.14. The number of phenols is 1. The van der Waals surface area contributed by atoms with Gasteiger partial charge in [0.2, 0.25) is 0 Å². The number of carbonyl (C=O) groups excluding carboxylic acids is 5. The molecule has 0 spiro atoms. The van der Waals surface area contributed by atoms with Crippen molar-refractivity contribution in [2.45, 2.75) is 32.4 Å². The van der Waals surface area contributed by atoms with Crippen molar-refractivity contribution in [1.82, 2.24) is 15.0 Å². The molecule has 0 aliphatic carbocycles. The maximum atomic E-state index is 12.4. The molecule has 0 bridgehead atoms. The molecular weight excluding hydrogens is 1040 g/mol. The highest BCUT2D eigenvalue weighted by Gasteiger charge is 2.35. The summed E-state index contributed by atoms with van der Waals surface area (Å²) < 4.78 is 119. The lowest BCUT2D eigenvalue weighted by Gasteiger charge is -2.08. The number of nitrogens with zero attached hydrogens (tertiary/aromatic N) is 3. The van der Waals surface area contributed by atoms with Gasteiger partial charge in [0, 0.05) is 30.0 Å². The summed E-state index contributed by atoms with van der Waals surface area (Å²) in [5.74, 6) is -2.59. The Kier molecular flexibility index (Phi) is 22.4. The smallest absolute Gasteiger partial charge is 0.434 e. The molecule has 3 aromatic heterocycles. The van der Waals surface area contributed by atoms with Crippen molar-refractivity contribution in [1.29, 1.82) is 0 Å². The molecule has 0 aliphatic rings. The Morgan fingerprint density at radius 3 is 1.28 bits per heavy atom. The highest BCUT2D eigenvalue weighted by Crippen LogP contribution is 2.34. The number of hydrogen-bond acceptors (Lipinski definition) is 15. The summed E-state index contributed by atoms with van der Waals surface area (Å²) in [7, 11) is 0. The van der Waals surface area contributed by atoms with Crippen LogP contribution in [0.1, 0.15) is 62.0 Å². The Balaban J connectivity index is 0.000000312. The van der Waals surface area contributed by atoms with E-state index in [0.29, 0.717) is 22.7 Å². The number of nitrogens with one attached hydrogen (secondary N) is 2. The topological polar surface area (TPSA) is 213 Å². The van der Waals surface area contributed by atoms with Crippen LogP contribution in [0.2, 0.25) is 0 Å². The number of nitrogen functional groups attached to an aromatic ring is 1. The van der Waals surface area contributed by atoms with Gasteiger partial charge in [-0.05, 0) is 48.0 Å². The van der Waals surface area contributed by atoms with Gasteiger partial charge in [-0.25, -0.2) is 15.0 Å². The molecule has 14 nitrogen and oxygen atoms in total. The lowest BCUT2D eigenvalue weighted by atomic mass is 10.2. The summed E-state index contributed by atoms with van der Waals surface area (Å²) in [6.45, 7) is 2.43. The fourth-order valence-electron chi connectivity index (χ4n) is 4.11. The molecule has 0 fully saturated rings. The zero-order valence-corrected chi connectivity index (χ0v) is 38.1. The van der Waals surface area contributed by atoms with E-state index in [1.165, 1.54) is 68.4 Å². The zero-order chi connectivity index (χ0) is 50.7. The maximum absolute atomic E-state index is 12.4. The minimum atomic E-state index is -4.57. The highest BCUT2D eigenvalue weighted by atomic mass is 35.5. The van der Waals surface area contributed by atoms with Gasteiger partial charge in [0.1, 0.15) is 17.2 Å². The fraction of sp³-hybridized carbons (Fsp3) is 0.158. The Labute approximate surface area is 398 Å². The molecule has 0 radical (unpaired) electrons. The number of halogens is 12. The second kappa shape index (κ2) is 26.3. The van der Waals surface area contributed by atoms with Crippen molar-refractivity contribution in [3.05, 3.63) is 123 Å². The molecule has 67 heavy (non-hydrogen) atoms. The number of alkyl halides is 11.